The molecular formula is C19H21NO3. The summed E-state index contributed by atoms with van der Waals surface area (Å²) >= 11 is 0. The van der Waals surface area contributed by atoms with Crippen molar-refractivity contribution in [3.8, 4) is 5.75 Å². The van der Waals surface area contributed by atoms with E-state index in [-0.39, 0.29) is 5.97 Å². The smallest absolute Gasteiger partial charge is 0.341 e. The lowest BCUT2D eigenvalue weighted by atomic mass is 10.1. The van der Waals surface area contributed by atoms with E-state index in [1.54, 1.807) is 0 Å². The van der Waals surface area contributed by atoms with Crippen molar-refractivity contribution >= 4 is 5.97 Å². The maximum absolute atomic E-state index is 12.0. The molecule has 0 saturated heterocycles. The van der Waals surface area contributed by atoms with Crippen LogP contribution in [-0.4, -0.2) is 19.1 Å². The third kappa shape index (κ3) is 4.33. The minimum Gasteiger partial charge on any atom is -0.488 e. The van der Waals surface area contributed by atoms with Crippen LogP contribution in [0.3, 0.4) is 0 Å². The first-order valence-corrected chi connectivity index (χ1v) is 7.87. The van der Waals surface area contributed by atoms with Gasteiger partial charge in [-0.15, -0.1) is 0 Å². The quantitative estimate of drug-likeness (QED) is 0.797. The summed E-state index contributed by atoms with van der Waals surface area (Å²) < 4.78 is 10.7. The molecule has 0 unspecified atom stereocenters. The van der Waals surface area contributed by atoms with Crippen LogP contribution in [0, 0.1) is 0 Å². The van der Waals surface area contributed by atoms with E-state index in [1.807, 2.05) is 48.5 Å². The Morgan fingerprint density at radius 1 is 1.13 bits per heavy atom. The Labute approximate surface area is 136 Å². The Balaban J connectivity index is 1.72. The van der Waals surface area contributed by atoms with Crippen LogP contribution in [0.5, 0.6) is 5.75 Å². The largest absolute Gasteiger partial charge is 0.488 e. The van der Waals surface area contributed by atoms with Crippen LogP contribution in [-0.2, 0) is 17.9 Å². The molecule has 1 N–H and O–H groups in total. The van der Waals surface area contributed by atoms with E-state index in [0.29, 0.717) is 24.0 Å². The summed E-state index contributed by atoms with van der Waals surface area (Å²) in [5.74, 6) is 0.178. The third-order valence-electron chi connectivity index (χ3n) is 3.86. The Hall–Kier alpha value is -2.33. The van der Waals surface area contributed by atoms with Crippen molar-refractivity contribution in [3.05, 3.63) is 65.2 Å². The second kappa shape index (κ2) is 7.29. The van der Waals surface area contributed by atoms with Crippen LogP contribution in [0.15, 0.2) is 48.5 Å². The van der Waals surface area contributed by atoms with E-state index in [0.717, 1.165) is 17.7 Å². The molecule has 23 heavy (non-hydrogen) atoms. The lowest BCUT2D eigenvalue weighted by Crippen LogP contribution is -2.16. The lowest BCUT2D eigenvalue weighted by molar-refractivity contribution is 0.0595. The van der Waals surface area contributed by atoms with Gasteiger partial charge < -0.3 is 14.8 Å². The van der Waals surface area contributed by atoms with Crippen LogP contribution in [0.25, 0.3) is 0 Å². The molecule has 1 fully saturated rings. The number of carbonyl (C=O) groups excluding carboxylic acids is 1. The summed E-state index contributed by atoms with van der Waals surface area (Å²) in [5, 5.41) is 3.44. The van der Waals surface area contributed by atoms with Crippen molar-refractivity contribution in [1.29, 1.82) is 0 Å². The first-order valence-electron chi connectivity index (χ1n) is 7.87. The molecule has 1 saturated carbocycles. The highest BCUT2D eigenvalue weighted by molar-refractivity contribution is 5.92. The van der Waals surface area contributed by atoms with Crippen LogP contribution >= 0.6 is 0 Å². The molecule has 0 spiro atoms. The molecule has 4 heteroatoms. The monoisotopic (exact) mass is 311 g/mol. The van der Waals surface area contributed by atoms with Crippen molar-refractivity contribution < 1.29 is 14.3 Å². The first kappa shape index (κ1) is 15.6. The molecular weight excluding hydrogens is 290 g/mol. The molecule has 120 valence electrons. The number of nitrogens with one attached hydrogen (secondary N) is 1. The summed E-state index contributed by atoms with van der Waals surface area (Å²) in [6, 6.07) is 16.2. The van der Waals surface area contributed by atoms with Gasteiger partial charge in [-0.2, -0.15) is 0 Å². The normalized spacial score (nSPS) is 13.6. The standard InChI is InChI=1S/C19H21NO3/c1-22-19(21)17-11-15(12-20-16-8-9-16)7-10-18(17)23-13-14-5-3-2-4-6-14/h2-7,10-11,16,20H,8-9,12-13H2,1H3. The SMILES string of the molecule is COC(=O)c1cc(CNC2CC2)ccc1OCc1ccccc1. The van der Waals surface area contributed by atoms with E-state index in [4.69, 9.17) is 9.47 Å². The average molecular weight is 311 g/mol. The zero-order valence-corrected chi connectivity index (χ0v) is 13.2. The van der Waals surface area contributed by atoms with Gasteiger partial charge >= 0.3 is 5.97 Å². The maximum Gasteiger partial charge on any atom is 0.341 e. The maximum atomic E-state index is 12.0. The molecule has 0 aromatic heterocycles. The highest BCUT2D eigenvalue weighted by Gasteiger charge is 2.20. The minimum atomic E-state index is -0.374. The van der Waals surface area contributed by atoms with Gasteiger partial charge in [-0.25, -0.2) is 4.79 Å². The van der Waals surface area contributed by atoms with Gasteiger partial charge in [0.25, 0.3) is 0 Å². The number of hydrogen-bond acceptors (Lipinski definition) is 4. The summed E-state index contributed by atoms with van der Waals surface area (Å²) in [7, 11) is 1.39. The molecule has 0 aliphatic heterocycles. The van der Waals surface area contributed by atoms with E-state index < -0.39 is 0 Å². The Kier molecular flexibility index (Phi) is 4.93. The van der Waals surface area contributed by atoms with Gasteiger partial charge in [0.1, 0.15) is 17.9 Å². The summed E-state index contributed by atoms with van der Waals surface area (Å²) in [4.78, 5) is 12.0. The third-order valence-corrected chi connectivity index (χ3v) is 3.86. The second-order valence-corrected chi connectivity index (χ2v) is 5.75. The predicted octanol–water partition coefficient (Wildman–Crippen LogP) is 3.30. The predicted molar refractivity (Wildman–Crippen MR) is 88.4 cm³/mol. The fourth-order valence-electron chi connectivity index (χ4n) is 2.37. The Morgan fingerprint density at radius 3 is 2.61 bits per heavy atom. The molecule has 0 bridgehead atoms. The molecule has 3 rings (SSSR count). The van der Waals surface area contributed by atoms with Crippen molar-refractivity contribution in [2.24, 2.45) is 0 Å². The summed E-state index contributed by atoms with van der Waals surface area (Å²) in [5.41, 5.74) is 2.59. The summed E-state index contributed by atoms with van der Waals surface area (Å²) in [6.07, 6.45) is 2.48. The van der Waals surface area contributed by atoms with Gasteiger partial charge in [-0.3, -0.25) is 0 Å². The zero-order valence-electron chi connectivity index (χ0n) is 13.2. The number of benzene rings is 2. The molecule has 1 aliphatic carbocycles. The molecule has 0 heterocycles. The Morgan fingerprint density at radius 2 is 1.91 bits per heavy atom. The van der Waals surface area contributed by atoms with Crippen molar-refractivity contribution in [2.45, 2.75) is 32.0 Å². The lowest BCUT2D eigenvalue weighted by Gasteiger charge is -2.12. The van der Waals surface area contributed by atoms with E-state index in [2.05, 4.69) is 5.32 Å². The number of ether oxygens (including phenoxy) is 2. The zero-order chi connectivity index (χ0) is 16.1. The van der Waals surface area contributed by atoms with Gasteiger partial charge in [0, 0.05) is 12.6 Å². The van der Waals surface area contributed by atoms with Gasteiger partial charge in [0.15, 0.2) is 0 Å². The van der Waals surface area contributed by atoms with Crippen LogP contribution < -0.4 is 10.1 Å². The van der Waals surface area contributed by atoms with E-state index in [9.17, 15) is 4.79 Å². The fraction of sp³-hybridized carbons (Fsp3) is 0.316. The number of rotatable bonds is 7. The van der Waals surface area contributed by atoms with Crippen molar-refractivity contribution in [3.63, 3.8) is 0 Å². The Bertz CT molecular complexity index is 666. The number of carbonyl (C=O) groups is 1. The van der Waals surface area contributed by atoms with E-state index in [1.165, 1.54) is 20.0 Å². The highest BCUT2D eigenvalue weighted by atomic mass is 16.5. The number of methoxy groups -OCH3 is 1. The van der Waals surface area contributed by atoms with Gasteiger partial charge in [0.2, 0.25) is 0 Å². The first-order chi connectivity index (χ1) is 11.3. The van der Waals surface area contributed by atoms with Crippen LogP contribution in [0.1, 0.15) is 34.3 Å². The average Bonchev–Trinajstić information content (AvgIpc) is 3.43. The fourth-order valence-corrected chi connectivity index (χ4v) is 2.37. The van der Waals surface area contributed by atoms with Crippen molar-refractivity contribution in [1.82, 2.24) is 5.32 Å². The minimum absolute atomic E-state index is 0.374. The second-order valence-electron chi connectivity index (χ2n) is 5.75. The molecule has 1 aliphatic rings. The number of hydrogen-bond donors (Lipinski definition) is 1. The van der Waals surface area contributed by atoms with Crippen molar-refractivity contribution in [2.75, 3.05) is 7.11 Å². The van der Waals surface area contributed by atoms with Gasteiger partial charge in [0.05, 0.1) is 7.11 Å². The molecule has 2 aromatic carbocycles. The molecule has 2 aromatic rings. The highest BCUT2D eigenvalue weighted by Crippen LogP contribution is 2.24. The topological polar surface area (TPSA) is 47.6 Å². The molecule has 0 atom stereocenters. The summed E-state index contributed by atoms with van der Waals surface area (Å²) in [6.45, 7) is 1.18. The number of esters is 1. The van der Waals surface area contributed by atoms with E-state index >= 15 is 0 Å². The van der Waals surface area contributed by atoms with Crippen LogP contribution in [0.2, 0.25) is 0 Å². The van der Waals surface area contributed by atoms with Crippen LogP contribution in [0.4, 0.5) is 0 Å². The molecule has 4 nitrogen and oxygen atoms in total. The molecule has 0 radical (unpaired) electrons. The van der Waals surface area contributed by atoms with Gasteiger partial charge in [-0.05, 0) is 36.1 Å². The van der Waals surface area contributed by atoms with Gasteiger partial charge in [-0.1, -0.05) is 36.4 Å². The molecule has 0 amide bonds.